The van der Waals surface area contributed by atoms with Gasteiger partial charge in [-0.2, -0.15) is 5.10 Å². The highest BCUT2D eigenvalue weighted by atomic mass is 15.2. The van der Waals surface area contributed by atoms with Crippen LogP contribution >= 0.6 is 0 Å². The van der Waals surface area contributed by atoms with Gasteiger partial charge in [0.1, 0.15) is 0 Å². The lowest BCUT2D eigenvalue weighted by molar-refractivity contribution is 0.683. The predicted molar refractivity (Wildman–Crippen MR) is 54.1 cm³/mol. The second-order valence-electron chi connectivity index (χ2n) is 3.68. The number of nitrogens with zero attached hydrogens (tertiary/aromatic N) is 3. The van der Waals surface area contributed by atoms with E-state index in [2.05, 4.69) is 20.5 Å². The van der Waals surface area contributed by atoms with Crippen LogP contribution in [-0.4, -0.2) is 28.8 Å². The SMILES string of the molecule is CNCCCc1nnc2c(n1)CCC2. The first-order valence-electron chi connectivity index (χ1n) is 5.26. The Hall–Kier alpha value is -1.03. The molecule has 14 heavy (non-hydrogen) atoms. The molecular formula is C10H16N4. The van der Waals surface area contributed by atoms with Crippen molar-refractivity contribution in [1.82, 2.24) is 20.5 Å². The first-order valence-corrected chi connectivity index (χ1v) is 5.26. The molecule has 0 unspecified atom stereocenters. The molecule has 4 nitrogen and oxygen atoms in total. The summed E-state index contributed by atoms with van der Waals surface area (Å²) in [4.78, 5) is 4.52. The largest absolute Gasteiger partial charge is 0.320 e. The highest BCUT2D eigenvalue weighted by Crippen LogP contribution is 2.16. The van der Waals surface area contributed by atoms with Gasteiger partial charge < -0.3 is 5.32 Å². The van der Waals surface area contributed by atoms with Gasteiger partial charge in [-0.05, 0) is 39.3 Å². The number of aromatic nitrogens is 3. The molecule has 0 saturated heterocycles. The minimum absolute atomic E-state index is 0.904. The molecule has 0 aliphatic heterocycles. The van der Waals surface area contributed by atoms with Crippen molar-refractivity contribution in [3.05, 3.63) is 17.2 Å². The Morgan fingerprint density at radius 3 is 2.93 bits per heavy atom. The number of hydrogen-bond donors (Lipinski definition) is 1. The molecule has 0 fully saturated rings. The maximum Gasteiger partial charge on any atom is 0.151 e. The van der Waals surface area contributed by atoms with Gasteiger partial charge in [0.05, 0.1) is 11.4 Å². The van der Waals surface area contributed by atoms with E-state index in [1.165, 1.54) is 12.1 Å². The normalized spacial score (nSPS) is 14.4. The Morgan fingerprint density at radius 2 is 2.07 bits per heavy atom. The molecular weight excluding hydrogens is 176 g/mol. The standard InChI is InChI=1S/C10H16N4/c1-11-7-3-6-10-12-8-4-2-5-9(8)13-14-10/h11H,2-7H2,1H3. The summed E-state index contributed by atoms with van der Waals surface area (Å²) in [7, 11) is 1.96. The first kappa shape index (κ1) is 9.52. The van der Waals surface area contributed by atoms with E-state index >= 15 is 0 Å². The van der Waals surface area contributed by atoms with Crippen LogP contribution in [0.15, 0.2) is 0 Å². The van der Waals surface area contributed by atoms with Gasteiger partial charge in [0.15, 0.2) is 5.82 Å². The van der Waals surface area contributed by atoms with E-state index in [0.29, 0.717) is 0 Å². The molecule has 0 saturated carbocycles. The fourth-order valence-electron chi connectivity index (χ4n) is 1.77. The van der Waals surface area contributed by atoms with Crippen LogP contribution in [0.5, 0.6) is 0 Å². The van der Waals surface area contributed by atoms with E-state index in [1.54, 1.807) is 0 Å². The molecule has 4 heteroatoms. The van der Waals surface area contributed by atoms with Gasteiger partial charge in [-0.3, -0.25) is 0 Å². The van der Waals surface area contributed by atoms with Crippen molar-refractivity contribution in [3.63, 3.8) is 0 Å². The average molecular weight is 192 g/mol. The summed E-state index contributed by atoms with van der Waals surface area (Å²) >= 11 is 0. The summed E-state index contributed by atoms with van der Waals surface area (Å²) in [5.74, 6) is 0.904. The molecule has 1 aliphatic rings. The zero-order chi connectivity index (χ0) is 9.80. The van der Waals surface area contributed by atoms with Crippen molar-refractivity contribution in [1.29, 1.82) is 0 Å². The van der Waals surface area contributed by atoms with Gasteiger partial charge in [0.2, 0.25) is 0 Å². The van der Waals surface area contributed by atoms with Gasteiger partial charge in [-0.25, -0.2) is 4.98 Å². The first-order chi connectivity index (χ1) is 6.90. The smallest absolute Gasteiger partial charge is 0.151 e. The summed E-state index contributed by atoms with van der Waals surface area (Å²) in [6.45, 7) is 1.01. The van der Waals surface area contributed by atoms with Crippen LogP contribution in [0.25, 0.3) is 0 Å². The fraction of sp³-hybridized carbons (Fsp3) is 0.700. The average Bonchev–Trinajstić information content (AvgIpc) is 2.65. The van der Waals surface area contributed by atoms with Crippen LogP contribution in [0.4, 0.5) is 0 Å². The Balaban J connectivity index is 1.98. The summed E-state index contributed by atoms with van der Waals surface area (Å²) in [6, 6.07) is 0. The molecule has 0 bridgehead atoms. The number of rotatable bonds is 4. The zero-order valence-corrected chi connectivity index (χ0v) is 8.58. The number of nitrogens with one attached hydrogen (secondary N) is 1. The Morgan fingerprint density at radius 1 is 1.21 bits per heavy atom. The summed E-state index contributed by atoms with van der Waals surface area (Å²) in [5.41, 5.74) is 2.29. The number of fused-ring (bicyclic) bond motifs is 1. The third kappa shape index (κ3) is 2.07. The van der Waals surface area contributed by atoms with Gasteiger partial charge in [-0.1, -0.05) is 0 Å². The Kier molecular flexibility index (Phi) is 3.03. The van der Waals surface area contributed by atoms with E-state index in [0.717, 1.165) is 43.7 Å². The molecule has 0 spiro atoms. The molecule has 1 aliphatic carbocycles. The van der Waals surface area contributed by atoms with E-state index in [9.17, 15) is 0 Å². The molecule has 76 valence electrons. The van der Waals surface area contributed by atoms with Crippen molar-refractivity contribution >= 4 is 0 Å². The maximum absolute atomic E-state index is 4.52. The maximum atomic E-state index is 4.52. The number of aryl methyl sites for hydroxylation is 3. The van der Waals surface area contributed by atoms with Crippen LogP contribution < -0.4 is 5.32 Å². The van der Waals surface area contributed by atoms with Crippen LogP contribution in [0.2, 0.25) is 0 Å². The predicted octanol–water partition coefficient (Wildman–Crippen LogP) is 0.512. The summed E-state index contributed by atoms with van der Waals surface area (Å²) < 4.78 is 0. The monoisotopic (exact) mass is 192 g/mol. The zero-order valence-electron chi connectivity index (χ0n) is 8.58. The third-order valence-corrected chi connectivity index (χ3v) is 2.54. The molecule has 1 aromatic heterocycles. The highest BCUT2D eigenvalue weighted by molar-refractivity contribution is 5.15. The van der Waals surface area contributed by atoms with E-state index in [4.69, 9.17) is 0 Å². The quantitative estimate of drug-likeness (QED) is 0.706. The molecule has 0 radical (unpaired) electrons. The lowest BCUT2D eigenvalue weighted by Gasteiger charge is -2.01. The molecule has 0 aromatic carbocycles. The van der Waals surface area contributed by atoms with E-state index in [-0.39, 0.29) is 0 Å². The molecule has 1 aromatic rings. The van der Waals surface area contributed by atoms with Gasteiger partial charge in [0, 0.05) is 6.42 Å². The van der Waals surface area contributed by atoms with E-state index in [1.807, 2.05) is 7.05 Å². The molecule has 2 rings (SSSR count). The second-order valence-corrected chi connectivity index (χ2v) is 3.68. The molecule has 0 amide bonds. The summed E-state index contributed by atoms with van der Waals surface area (Å²) in [6.07, 6.45) is 5.35. The second kappa shape index (κ2) is 4.46. The number of hydrogen-bond acceptors (Lipinski definition) is 4. The minimum Gasteiger partial charge on any atom is -0.320 e. The van der Waals surface area contributed by atoms with Crippen molar-refractivity contribution in [2.75, 3.05) is 13.6 Å². The van der Waals surface area contributed by atoms with Crippen LogP contribution in [-0.2, 0) is 19.3 Å². The minimum atomic E-state index is 0.904. The lowest BCUT2D eigenvalue weighted by atomic mass is 10.3. The van der Waals surface area contributed by atoms with Crippen LogP contribution in [0.1, 0.15) is 30.1 Å². The fourth-order valence-corrected chi connectivity index (χ4v) is 1.77. The Labute approximate surface area is 84.2 Å². The van der Waals surface area contributed by atoms with Crippen molar-refractivity contribution in [2.24, 2.45) is 0 Å². The van der Waals surface area contributed by atoms with Gasteiger partial charge in [-0.15, -0.1) is 5.10 Å². The van der Waals surface area contributed by atoms with Gasteiger partial charge >= 0.3 is 0 Å². The van der Waals surface area contributed by atoms with Crippen molar-refractivity contribution < 1.29 is 0 Å². The Bertz CT molecular complexity index is 311. The van der Waals surface area contributed by atoms with Gasteiger partial charge in [0.25, 0.3) is 0 Å². The molecule has 1 N–H and O–H groups in total. The van der Waals surface area contributed by atoms with Crippen molar-refractivity contribution in [2.45, 2.75) is 32.1 Å². The van der Waals surface area contributed by atoms with E-state index < -0.39 is 0 Å². The highest BCUT2D eigenvalue weighted by Gasteiger charge is 2.14. The summed E-state index contributed by atoms with van der Waals surface area (Å²) in [5, 5.41) is 11.5. The van der Waals surface area contributed by atoms with Crippen molar-refractivity contribution in [3.8, 4) is 0 Å². The third-order valence-electron chi connectivity index (χ3n) is 2.54. The molecule has 0 atom stereocenters. The van der Waals surface area contributed by atoms with Crippen LogP contribution in [0, 0.1) is 0 Å². The lowest BCUT2D eigenvalue weighted by Crippen LogP contribution is -2.10. The van der Waals surface area contributed by atoms with Crippen LogP contribution in [0.3, 0.4) is 0 Å². The molecule has 1 heterocycles. The topological polar surface area (TPSA) is 50.7 Å².